The van der Waals surface area contributed by atoms with Crippen molar-refractivity contribution in [1.82, 2.24) is 0 Å². The van der Waals surface area contributed by atoms with E-state index in [2.05, 4.69) is 5.32 Å². The van der Waals surface area contributed by atoms with Gasteiger partial charge in [-0.2, -0.15) is 0 Å². The molecular weight excluding hydrogens is 442 g/mol. The predicted octanol–water partition coefficient (Wildman–Crippen LogP) is 6.75. The average molecular weight is 470 g/mol. The van der Waals surface area contributed by atoms with E-state index in [1.165, 1.54) is 13.0 Å². The Morgan fingerprint density at radius 2 is 1.77 bits per heavy atom. The molecule has 0 fully saturated rings. The first kappa shape index (κ1) is 23.8. The van der Waals surface area contributed by atoms with Crippen LogP contribution in [0.1, 0.15) is 36.7 Å². The van der Waals surface area contributed by atoms with Crippen LogP contribution in [0.3, 0.4) is 0 Å². The molecular formula is C29H27NO5. The summed E-state index contributed by atoms with van der Waals surface area (Å²) in [5.74, 6) is 1.00. The normalized spacial score (nSPS) is 11.4. The number of Topliss-reactive ketones (excluding diaryl/α,β-unsaturated/α-hetero) is 1. The van der Waals surface area contributed by atoms with Crippen LogP contribution in [0, 0.1) is 0 Å². The Hall–Kier alpha value is -4.32. The van der Waals surface area contributed by atoms with Crippen molar-refractivity contribution >= 4 is 33.9 Å². The molecule has 1 heterocycles. The number of anilines is 1. The van der Waals surface area contributed by atoms with Crippen molar-refractivity contribution in [3.63, 3.8) is 0 Å². The van der Waals surface area contributed by atoms with E-state index in [0.29, 0.717) is 29.2 Å². The van der Waals surface area contributed by atoms with Crippen molar-refractivity contribution in [1.29, 1.82) is 0 Å². The number of rotatable bonds is 8. The van der Waals surface area contributed by atoms with E-state index in [1.54, 1.807) is 37.6 Å². The first-order valence-corrected chi connectivity index (χ1v) is 11.3. The number of hydrogen-bond acceptors (Lipinski definition) is 5. The number of amides is 1. The zero-order valence-corrected chi connectivity index (χ0v) is 20.2. The van der Waals surface area contributed by atoms with Crippen molar-refractivity contribution in [2.24, 2.45) is 0 Å². The Morgan fingerprint density at radius 3 is 2.51 bits per heavy atom. The van der Waals surface area contributed by atoms with Gasteiger partial charge in [0, 0.05) is 45.5 Å². The summed E-state index contributed by atoms with van der Waals surface area (Å²) in [7, 11) is 1.64. The maximum absolute atomic E-state index is 12.8. The highest BCUT2D eigenvalue weighted by Gasteiger charge is 2.17. The lowest BCUT2D eigenvalue weighted by Gasteiger charge is -2.12. The Morgan fingerprint density at radius 1 is 0.971 bits per heavy atom. The van der Waals surface area contributed by atoms with E-state index in [9.17, 15) is 9.59 Å². The third-order valence-corrected chi connectivity index (χ3v) is 5.68. The van der Waals surface area contributed by atoms with E-state index in [1.807, 2.05) is 50.2 Å². The number of nitrogens with one attached hydrogen (secondary N) is 1. The van der Waals surface area contributed by atoms with E-state index >= 15 is 0 Å². The molecule has 3 aromatic carbocycles. The van der Waals surface area contributed by atoms with Crippen LogP contribution < -0.4 is 14.8 Å². The molecule has 0 aliphatic heterocycles. The lowest BCUT2D eigenvalue weighted by molar-refractivity contribution is -0.111. The lowest BCUT2D eigenvalue weighted by atomic mass is 9.98. The van der Waals surface area contributed by atoms with Crippen LogP contribution in [-0.2, 0) is 4.79 Å². The molecule has 35 heavy (non-hydrogen) atoms. The molecule has 0 atom stereocenters. The van der Waals surface area contributed by atoms with Crippen molar-refractivity contribution < 1.29 is 23.5 Å². The van der Waals surface area contributed by atoms with Gasteiger partial charge in [-0.3, -0.25) is 9.59 Å². The second-order valence-corrected chi connectivity index (χ2v) is 8.08. The zero-order valence-electron chi connectivity index (χ0n) is 20.2. The summed E-state index contributed by atoms with van der Waals surface area (Å²) < 4.78 is 17.3. The van der Waals surface area contributed by atoms with Crippen LogP contribution in [0.15, 0.2) is 77.4 Å². The Labute approximate surface area is 204 Å². The highest BCUT2D eigenvalue weighted by molar-refractivity contribution is 6.06. The summed E-state index contributed by atoms with van der Waals surface area (Å²) in [4.78, 5) is 24.4. The molecule has 6 heteroatoms. The van der Waals surface area contributed by atoms with Crippen LogP contribution in [0.5, 0.6) is 11.5 Å². The van der Waals surface area contributed by atoms with E-state index in [0.717, 1.165) is 33.4 Å². The highest BCUT2D eigenvalue weighted by atomic mass is 16.5. The number of ketones is 1. The molecule has 0 bridgehead atoms. The maximum Gasteiger partial charge on any atom is 0.248 e. The average Bonchev–Trinajstić information content (AvgIpc) is 3.26. The SMILES string of the molecule is CCOc1cc2occ(-c3ccccc3OC)c2cc1/C(C)=C/C(=O)Nc1cccc(C(C)=O)c1. The number of benzene rings is 3. The number of para-hydroxylation sites is 1. The van der Waals surface area contributed by atoms with Crippen LogP contribution in [0.25, 0.3) is 27.7 Å². The molecule has 178 valence electrons. The van der Waals surface area contributed by atoms with Crippen LogP contribution in [0.2, 0.25) is 0 Å². The fourth-order valence-electron chi connectivity index (χ4n) is 3.98. The standard InChI is InChI=1S/C29H27NO5/c1-5-34-27-16-28-24(25(17-35-28)22-11-6-7-12-26(22)33-4)15-23(27)18(2)13-29(32)30-21-10-8-9-20(14-21)19(3)31/h6-17H,5H2,1-4H3,(H,30,32)/b18-13+. The van der Waals surface area contributed by atoms with E-state index in [-0.39, 0.29) is 11.7 Å². The summed E-state index contributed by atoms with van der Waals surface area (Å²) in [6, 6.07) is 18.4. The molecule has 1 N–H and O–H groups in total. The van der Waals surface area contributed by atoms with Crippen molar-refractivity contribution in [3.05, 3.63) is 84.1 Å². The van der Waals surface area contributed by atoms with Crippen LogP contribution in [-0.4, -0.2) is 25.4 Å². The van der Waals surface area contributed by atoms with Gasteiger partial charge in [-0.15, -0.1) is 0 Å². The van der Waals surface area contributed by atoms with Crippen molar-refractivity contribution in [2.45, 2.75) is 20.8 Å². The Balaban J connectivity index is 1.73. The minimum atomic E-state index is -0.303. The largest absolute Gasteiger partial charge is 0.496 e. The Kier molecular flexibility index (Phi) is 7.01. The van der Waals surface area contributed by atoms with E-state index < -0.39 is 0 Å². The van der Waals surface area contributed by atoms with Crippen molar-refractivity contribution in [2.75, 3.05) is 19.0 Å². The quantitative estimate of drug-likeness (QED) is 0.228. The number of methoxy groups -OCH3 is 1. The molecule has 0 spiro atoms. The van der Waals surface area contributed by atoms with Gasteiger partial charge in [0.25, 0.3) is 0 Å². The third-order valence-electron chi connectivity index (χ3n) is 5.68. The third kappa shape index (κ3) is 5.11. The van der Waals surface area contributed by atoms with Gasteiger partial charge in [-0.05, 0) is 50.6 Å². The molecule has 0 unspecified atom stereocenters. The number of carbonyl (C=O) groups excluding carboxylic acids is 2. The fourth-order valence-corrected chi connectivity index (χ4v) is 3.98. The molecule has 4 rings (SSSR count). The van der Waals surface area contributed by atoms with Gasteiger partial charge in [-0.25, -0.2) is 0 Å². The molecule has 6 nitrogen and oxygen atoms in total. The van der Waals surface area contributed by atoms with Crippen LogP contribution >= 0.6 is 0 Å². The predicted molar refractivity (Wildman–Crippen MR) is 138 cm³/mol. The van der Waals surface area contributed by atoms with Gasteiger partial charge in [0.15, 0.2) is 5.78 Å². The van der Waals surface area contributed by atoms with Crippen molar-refractivity contribution in [3.8, 4) is 22.6 Å². The molecule has 0 aliphatic rings. The van der Waals surface area contributed by atoms with Gasteiger partial charge in [-0.1, -0.05) is 30.3 Å². The number of ether oxygens (including phenoxy) is 2. The smallest absolute Gasteiger partial charge is 0.248 e. The number of fused-ring (bicyclic) bond motifs is 1. The van der Waals surface area contributed by atoms with Gasteiger partial charge >= 0.3 is 0 Å². The summed E-state index contributed by atoms with van der Waals surface area (Å²) in [6.45, 7) is 5.73. The highest BCUT2D eigenvalue weighted by Crippen LogP contribution is 2.40. The zero-order chi connectivity index (χ0) is 24.9. The minimum absolute atomic E-state index is 0.0616. The first-order valence-electron chi connectivity index (χ1n) is 11.3. The minimum Gasteiger partial charge on any atom is -0.496 e. The molecule has 4 aromatic rings. The summed E-state index contributed by atoms with van der Waals surface area (Å²) in [5.41, 5.74) is 5.08. The monoisotopic (exact) mass is 469 g/mol. The number of allylic oxidation sites excluding steroid dienone is 1. The summed E-state index contributed by atoms with van der Waals surface area (Å²) in [6.07, 6.45) is 3.22. The molecule has 1 aromatic heterocycles. The van der Waals surface area contributed by atoms with Gasteiger partial charge in [0.05, 0.1) is 20.0 Å². The summed E-state index contributed by atoms with van der Waals surface area (Å²) >= 11 is 0. The van der Waals surface area contributed by atoms with Gasteiger partial charge < -0.3 is 19.2 Å². The lowest BCUT2D eigenvalue weighted by Crippen LogP contribution is -2.09. The number of furan rings is 1. The molecule has 0 saturated heterocycles. The van der Waals surface area contributed by atoms with Gasteiger partial charge in [0.2, 0.25) is 5.91 Å². The second kappa shape index (κ2) is 10.3. The second-order valence-electron chi connectivity index (χ2n) is 8.08. The first-order chi connectivity index (χ1) is 16.9. The molecule has 0 saturated carbocycles. The maximum atomic E-state index is 12.8. The fraction of sp³-hybridized carbons (Fsp3) is 0.172. The molecule has 1 amide bonds. The number of hydrogen-bond donors (Lipinski definition) is 1. The van der Waals surface area contributed by atoms with Gasteiger partial charge in [0.1, 0.15) is 17.1 Å². The number of carbonyl (C=O) groups is 2. The van der Waals surface area contributed by atoms with E-state index in [4.69, 9.17) is 13.9 Å². The molecule has 0 radical (unpaired) electrons. The molecule has 0 aliphatic carbocycles. The summed E-state index contributed by atoms with van der Waals surface area (Å²) in [5, 5.41) is 3.71. The van der Waals surface area contributed by atoms with Crippen LogP contribution in [0.4, 0.5) is 5.69 Å². The topological polar surface area (TPSA) is 77.8 Å². The Bertz CT molecular complexity index is 1430.